The van der Waals surface area contributed by atoms with E-state index in [1.807, 2.05) is 78.9 Å². The van der Waals surface area contributed by atoms with Gasteiger partial charge in [0.25, 0.3) is 5.91 Å². The van der Waals surface area contributed by atoms with Crippen molar-refractivity contribution in [2.75, 3.05) is 13.1 Å². The molecule has 0 bridgehead atoms. The first-order valence-electron chi connectivity index (χ1n) is 10.4. The lowest BCUT2D eigenvalue weighted by molar-refractivity contribution is -0.140. The fraction of sp³-hybridized carbons (Fsp3) is 0.231. The molecule has 1 amide bonds. The number of benzene rings is 3. The van der Waals surface area contributed by atoms with Crippen LogP contribution in [0.3, 0.4) is 0 Å². The van der Waals surface area contributed by atoms with Crippen LogP contribution in [0.4, 0.5) is 0 Å². The molecule has 1 atom stereocenters. The molecule has 1 N–H and O–H groups in total. The molecule has 4 heteroatoms. The number of carbonyl (C=O) groups excluding carboxylic acids is 1. The average molecular weight is 399 g/mol. The minimum absolute atomic E-state index is 0.00161. The lowest BCUT2D eigenvalue weighted by Crippen LogP contribution is -2.36. The molecule has 0 saturated heterocycles. The first kappa shape index (κ1) is 19.9. The molecule has 30 heavy (non-hydrogen) atoms. The Hall–Kier alpha value is -3.40. The van der Waals surface area contributed by atoms with E-state index in [1.54, 1.807) is 4.90 Å². The second-order valence-electron chi connectivity index (χ2n) is 7.72. The maximum atomic E-state index is 13.1. The zero-order valence-electron chi connectivity index (χ0n) is 16.8. The summed E-state index contributed by atoms with van der Waals surface area (Å²) in [7, 11) is 0. The van der Waals surface area contributed by atoms with Crippen molar-refractivity contribution in [2.45, 2.75) is 19.3 Å². The van der Waals surface area contributed by atoms with Gasteiger partial charge in [0.15, 0.2) is 0 Å². The third-order valence-electron chi connectivity index (χ3n) is 5.86. The summed E-state index contributed by atoms with van der Waals surface area (Å²) in [4.78, 5) is 26.8. The van der Waals surface area contributed by atoms with Gasteiger partial charge in [-0.2, -0.15) is 0 Å². The number of aryl methyl sites for hydroxylation is 1. The van der Waals surface area contributed by atoms with Crippen LogP contribution in [0.25, 0.3) is 10.8 Å². The minimum Gasteiger partial charge on any atom is -0.481 e. The van der Waals surface area contributed by atoms with E-state index in [9.17, 15) is 14.7 Å². The highest BCUT2D eigenvalue weighted by atomic mass is 16.4. The smallest absolute Gasteiger partial charge is 0.310 e. The van der Waals surface area contributed by atoms with Crippen molar-refractivity contribution in [3.8, 4) is 0 Å². The normalized spacial score (nSPS) is 14.9. The van der Waals surface area contributed by atoms with Crippen molar-refractivity contribution in [1.82, 2.24) is 4.90 Å². The van der Waals surface area contributed by atoms with E-state index in [2.05, 4.69) is 0 Å². The maximum absolute atomic E-state index is 13.1. The van der Waals surface area contributed by atoms with Gasteiger partial charge < -0.3 is 10.0 Å². The molecule has 1 heterocycles. The highest BCUT2D eigenvalue weighted by molar-refractivity contribution is 6.07. The third kappa shape index (κ3) is 4.28. The van der Waals surface area contributed by atoms with Gasteiger partial charge in [0.2, 0.25) is 0 Å². The van der Waals surface area contributed by atoms with Crippen molar-refractivity contribution in [3.63, 3.8) is 0 Å². The Kier molecular flexibility index (Phi) is 5.94. The van der Waals surface area contributed by atoms with Gasteiger partial charge in [-0.1, -0.05) is 78.4 Å². The topological polar surface area (TPSA) is 57.6 Å². The molecule has 4 nitrogen and oxygen atoms in total. The Bertz CT molecular complexity index is 1080. The maximum Gasteiger partial charge on any atom is 0.310 e. The van der Waals surface area contributed by atoms with E-state index in [4.69, 9.17) is 0 Å². The summed E-state index contributed by atoms with van der Waals surface area (Å²) in [5.41, 5.74) is 2.78. The fourth-order valence-electron chi connectivity index (χ4n) is 4.19. The summed E-state index contributed by atoms with van der Waals surface area (Å²) in [6.45, 7) is 0.996. The number of hydrogen-bond donors (Lipinski definition) is 1. The molecule has 152 valence electrons. The predicted octanol–water partition coefficient (Wildman–Crippen LogP) is 4.95. The second kappa shape index (κ2) is 8.95. The van der Waals surface area contributed by atoms with Crippen molar-refractivity contribution >= 4 is 22.6 Å². The summed E-state index contributed by atoms with van der Waals surface area (Å²) in [5.74, 6) is -1.29. The zero-order valence-corrected chi connectivity index (χ0v) is 16.8. The van der Waals surface area contributed by atoms with Gasteiger partial charge in [-0.25, -0.2) is 0 Å². The molecule has 0 radical (unpaired) electrons. The highest BCUT2D eigenvalue weighted by Crippen LogP contribution is 2.26. The molecule has 4 rings (SSSR count). The molecular formula is C26H25NO3. The zero-order chi connectivity index (χ0) is 20.9. The molecule has 1 aliphatic heterocycles. The third-order valence-corrected chi connectivity index (χ3v) is 5.86. The number of carboxylic acid groups (broad SMARTS) is 1. The number of carboxylic acids is 1. The molecule has 3 aromatic carbocycles. The minimum atomic E-state index is -0.786. The lowest BCUT2D eigenvalue weighted by atomic mass is 9.88. The number of rotatable bonds is 6. The van der Waals surface area contributed by atoms with E-state index in [0.29, 0.717) is 31.5 Å². The standard InChI is InChI=1S/C26H25NO3/c28-25(24-12-6-10-20-9-4-5-11-22(20)24)27-17-15-21(16-18-27)23(26(29)30)14-13-19-7-2-1-3-8-19/h1-12,15,23H,13-14,16-18H2,(H,29,30). The number of carbonyl (C=O) groups is 2. The van der Waals surface area contributed by atoms with E-state index in [0.717, 1.165) is 28.3 Å². The van der Waals surface area contributed by atoms with Crippen LogP contribution >= 0.6 is 0 Å². The summed E-state index contributed by atoms with van der Waals surface area (Å²) in [6, 6.07) is 23.6. The molecular weight excluding hydrogens is 374 g/mol. The summed E-state index contributed by atoms with van der Waals surface area (Å²) in [6.07, 6.45) is 3.84. The Labute approximate surface area is 176 Å². The quantitative estimate of drug-likeness (QED) is 0.597. The molecule has 0 aromatic heterocycles. The van der Waals surface area contributed by atoms with Crippen LogP contribution < -0.4 is 0 Å². The molecule has 3 aromatic rings. The molecule has 0 aliphatic carbocycles. The Morgan fingerprint density at radius 1 is 0.933 bits per heavy atom. The van der Waals surface area contributed by atoms with Gasteiger partial charge in [-0.3, -0.25) is 9.59 Å². The van der Waals surface area contributed by atoms with Crippen LogP contribution in [0.2, 0.25) is 0 Å². The molecule has 0 spiro atoms. The predicted molar refractivity (Wildman–Crippen MR) is 118 cm³/mol. The van der Waals surface area contributed by atoms with Gasteiger partial charge in [0.05, 0.1) is 5.92 Å². The number of amides is 1. The highest BCUT2D eigenvalue weighted by Gasteiger charge is 2.27. The Balaban J connectivity index is 1.47. The molecule has 0 fully saturated rings. The number of aliphatic carboxylic acids is 1. The molecule has 1 aliphatic rings. The van der Waals surface area contributed by atoms with Crippen LogP contribution in [-0.4, -0.2) is 35.0 Å². The van der Waals surface area contributed by atoms with E-state index in [1.165, 1.54) is 0 Å². The van der Waals surface area contributed by atoms with Crippen molar-refractivity contribution < 1.29 is 14.7 Å². The van der Waals surface area contributed by atoms with E-state index in [-0.39, 0.29) is 5.91 Å². The Morgan fingerprint density at radius 2 is 1.67 bits per heavy atom. The van der Waals surface area contributed by atoms with Crippen LogP contribution in [0.1, 0.15) is 28.8 Å². The summed E-state index contributed by atoms with van der Waals surface area (Å²) < 4.78 is 0. The largest absolute Gasteiger partial charge is 0.481 e. The summed E-state index contributed by atoms with van der Waals surface area (Å²) >= 11 is 0. The molecule has 0 saturated carbocycles. The van der Waals surface area contributed by atoms with Crippen molar-refractivity contribution in [3.05, 3.63) is 95.6 Å². The van der Waals surface area contributed by atoms with Crippen LogP contribution in [-0.2, 0) is 11.2 Å². The van der Waals surface area contributed by atoms with Crippen molar-refractivity contribution in [1.29, 1.82) is 0 Å². The fourth-order valence-corrected chi connectivity index (χ4v) is 4.19. The van der Waals surface area contributed by atoms with Gasteiger partial charge in [0, 0.05) is 18.7 Å². The van der Waals surface area contributed by atoms with Crippen molar-refractivity contribution in [2.24, 2.45) is 5.92 Å². The van der Waals surface area contributed by atoms with Crippen LogP contribution in [0.15, 0.2) is 84.4 Å². The number of fused-ring (bicyclic) bond motifs is 1. The number of hydrogen-bond acceptors (Lipinski definition) is 2. The van der Waals surface area contributed by atoms with E-state index >= 15 is 0 Å². The monoisotopic (exact) mass is 399 g/mol. The summed E-state index contributed by atoms with van der Waals surface area (Å²) in [5, 5.41) is 11.7. The van der Waals surface area contributed by atoms with E-state index < -0.39 is 11.9 Å². The molecule has 1 unspecified atom stereocenters. The SMILES string of the molecule is O=C(O)C(CCc1ccccc1)C1=CCN(C(=O)c2cccc3ccccc23)CC1. The Morgan fingerprint density at radius 3 is 2.40 bits per heavy atom. The van der Waals surface area contributed by atoms with Gasteiger partial charge in [-0.05, 0) is 41.7 Å². The van der Waals surface area contributed by atoms with Gasteiger partial charge >= 0.3 is 5.97 Å². The second-order valence-corrected chi connectivity index (χ2v) is 7.72. The first-order chi connectivity index (χ1) is 14.6. The number of nitrogens with zero attached hydrogens (tertiary/aromatic N) is 1. The van der Waals surface area contributed by atoms with Crippen LogP contribution in [0, 0.1) is 5.92 Å². The first-order valence-corrected chi connectivity index (χ1v) is 10.4. The average Bonchev–Trinajstić information content (AvgIpc) is 2.79. The van der Waals surface area contributed by atoms with Gasteiger partial charge in [-0.15, -0.1) is 0 Å². The van der Waals surface area contributed by atoms with Gasteiger partial charge in [0.1, 0.15) is 0 Å². The van der Waals surface area contributed by atoms with Crippen LogP contribution in [0.5, 0.6) is 0 Å². The lowest BCUT2D eigenvalue weighted by Gasteiger charge is -2.29.